The molecule has 0 unspecified atom stereocenters. The van der Waals surface area contributed by atoms with E-state index in [0.29, 0.717) is 12.1 Å². The molecule has 7 heteroatoms. The summed E-state index contributed by atoms with van der Waals surface area (Å²) in [5.41, 5.74) is -0.626. The minimum absolute atomic E-state index is 0.0544. The summed E-state index contributed by atoms with van der Waals surface area (Å²) in [7, 11) is 0. The largest absolute Gasteiger partial charge is 0.481 e. The number of carboxylic acids is 1. The number of nitrogens with zero attached hydrogens (tertiary/aromatic N) is 1. The summed E-state index contributed by atoms with van der Waals surface area (Å²) in [4.78, 5) is 20.5. The van der Waals surface area contributed by atoms with Crippen LogP contribution in [0.5, 0.6) is 0 Å². The summed E-state index contributed by atoms with van der Waals surface area (Å²) < 4.78 is 25.9. The molecule has 17 heavy (non-hydrogen) atoms. The molecular weight excluding hydrogens is 236 g/mol. The first-order valence-corrected chi connectivity index (χ1v) is 4.78. The van der Waals surface area contributed by atoms with E-state index in [1.165, 1.54) is 0 Å². The lowest BCUT2D eigenvalue weighted by Crippen LogP contribution is -2.02. The van der Waals surface area contributed by atoms with E-state index in [1.807, 2.05) is 0 Å². The molecule has 2 rings (SSSR count). The quantitative estimate of drug-likeness (QED) is 0.650. The van der Waals surface area contributed by atoms with Gasteiger partial charge in [0.15, 0.2) is 11.6 Å². The van der Waals surface area contributed by atoms with Crippen LogP contribution in [-0.4, -0.2) is 16.0 Å². The molecule has 0 aliphatic heterocycles. The van der Waals surface area contributed by atoms with Gasteiger partial charge in [-0.1, -0.05) is 0 Å². The molecule has 0 spiro atoms. The molecule has 1 saturated carbocycles. The number of rotatable bonds is 3. The van der Waals surface area contributed by atoms with Gasteiger partial charge in [0, 0.05) is 11.5 Å². The van der Waals surface area contributed by atoms with E-state index in [2.05, 4.69) is 0 Å². The Kier molecular flexibility index (Phi) is 2.53. The molecule has 0 saturated heterocycles. The fourth-order valence-electron chi connectivity index (χ4n) is 1.82. The van der Waals surface area contributed by atoms with Crippen LogP contribution in [0.4, 0.5) is 14.5 Å². The predicted molar refractivity (Wildman–Crippen MR) is 51.5 cm³/mol. The lowest BCUT2D eigenvalue weighted by molar-refractivity contribution is -0.385. The number of halogens is 2. The molecule has 90 valence electrons. The van der Waals surface area contributed by atoms with Crippen LogP contribution in [-0.2, 0) is 4.79 Å². The van der Waals surface area contributed by atoms with Crippen molar-refractivity contribution in [1.82, 2.24) is 0 Å². The Labute approximate surface area is 93.8 Å². The van der Waals surface area contributed by atoms with Crippen molar-refractivity contribution in [2.75, 3.05) is 0 Å². The fraction of sp³-hybridized carbons (Fsp3) is 0.300. The maximum Gasteiger partial charge on any atom is 0.307 e. The van der Waals surface area contributed by atoms with Crippen molar-refractivity contribution in [3.05, 3.63) is 39.4 Å². The summed E-state index contributed by atoms with van der Waals surface area (Å²) in [5.74, 6) is -4.97. The van der Waals surface area contributed by atoms with E-state index in [9.17, 15) is 23.7 Å². The first-order chi connectivity index (χ1) is 7.91. The van der Waals surface area contributed by atoms with E-state index in [1.54, 1.807) is 0 Å². The second-order valence-electron chi connectivity index (χ2n) is 3.87. The molecule has 0 radical (unpaired) electrons. The van der Waals surface area contributed by atoms with Gasteiger partial charge >= 0.3 is 5.97 Å². The second kappa shape index (κ2) is 3.76. The number of carbonyl (C=O) groups is 1. The van der Waals surface area contributed by atoms with Crippen LogP contribution in [0.3, 0.4) is 0 Å². The van der Waals surface area contributed by atoms with Crippen molar-refractivity contribution in [2.24, 2.45) is 5.92 Å². The Bertz CT molecular complexity index is 517. The SMILES string of the molecule is O=C(O)[C@@H]1C[C@H]1c1cc(F)c(F)cc1[N+](=O)[O-]. The molecule has 0 heterocycles. The van der Waals surface area contributed by atoms with Crippen LogP contribution in [0.25, 0.3) is 0 Å². The van der Waals surface area contributed by atoms with Gasteiger partial charge in [-0.05, 0) is 12.5 Å². The normalized spacial score (nSPS) is 22.2. The Hall–Kier alpha value is -2.05. The van der Waals surface area contributed by atoms with Crippen LogP contribution >= 0.6 is 0 Å². The predicted octanol–water partition coefficient (Wildman–Crippen LogP) is 2.06. The second-order valence-corrected chi connectivity index (χ2v) is 3.87. The van der Waals surface area contributed by atoms with Gasteiger partial charge in [0.25, 0.3) is 5.69 Å². The van der Waals surface area contributed by atoms with Gasteiger partial charge in [-0.2, -0.15) is 0 Å². The zero-order valence-corrected chi connectivity index (χ0v) is 8.39. The summed E-state index contributed by atoms with van der Waals surface area (Å²) in [6.07, 6.45) is 0.210. The molecular formula is C10H7F2NO4. The van der Waals surface area contributed by atoms with Crippen LogP contribution in [0, 0.1) is 27.7 Å². The first-order valence-electron chi connectivity index (χ1n) is 4.78. The molecule has 0 aromatic heterocycles. The van der Waals surface area contributed by atoms with Gasteiger partial charge in [0.1, 0.15) is 0 Å². The molecule has 0 amide bonds. The smallest absolute Gasteiger partial charge is 0.307 e. The molecule has 1 aliphatic carbocycles. The van der Waals surface area contributed by atoms with Gasteiger partial charge in [0.05, 0.1) is 16.9 Å². The molecule has 0 bridgehead atoms. The first kappa shape index (κ1) is 11.4. The number of aliphatic carboxylic acids is 1. The number of hydrogen-bond acceptors (Lipinski definition) is 3. The summed E-state index contributed by atoms with van der Waals surface area (Å²) in [6.45, 7) is 0. The van der Waals surface area contributed by atoms with Crippen molar-refractivity contribution in [3.8, 4) is 0 Å². The highest BCUT2D eigenvalue weighted by Gasteiger charge is 2.47. The molecule has 5 nitrogen and oxygen atoms in total. The van der Waals surface area contributed by atoms with E-state index in [0.717, 1.165) is 0 Å². The minimum atomic E-state index is -1.31. The van der Waals surface area contributed by atoms with Crippen molar-refractivity contribution >= 4 is 11.7 Å². The van der Waals surface area contributed by atoms with E-state index < -0.39 is 40.1 Å². The minimum Gasteiger partial charge on any atom is -0.481 e. The van der Waals surface area contributed by atoms with Crippen molar-refractivity contribution < 1.29 is 23.6 Å². The van der Waals surface area contributed by atoms with Crippen molar-refractivity contribution in [1.29, 1.82) is 0 Å². The van der Waals surface area contributed by atoms with E-state index in [4.69, 9.17) is 5.11 Å². The highest BCUT2D eigenvalue weighted by molar-refractivity contribution is 5.76. The molecule has 1 aromatic carbocycles. The Balaban J connectivity index is 2.43. The summed E-state index contributed by atoms with van der Waals surface area (Å²) >= 11 is 0. The topological polar surface area (TPSA) is 80.4 Å². The van der Waals surface area contributed by atoms with Crippen LogP contribution in [0.15, 0.2) is 12.1 Å². The lowest BCUT2D eigenvalue weighted by atomic mass is 10.1. The van der Waals surface area contributed by atoms with E-state index in [-0.39, 0.29) is 12.0 Å². The summed E-state index contributed by atoms with van der Waals surface area (Å²) in [6, 6.07) is 1.20. The highest BCUT2D eigenvalue weighted by atomic mass is 19.2. The number of carboxylic acid groups (broad SMARTS) is 1. The third kappa shape index (κ3) is 1.95. The van der Waals surface area contributed by atoms with Crippen LogP contribution < -0.4 is 0 Å². The Morgan fingerprint density at radius 1 is 1.41 bits per heavy atom. The standard InChI is InChI=1S/C10H7F2NO4/c11-7-2-5(4-1-6(4)10(14)15)9(13(16)17)3-8(7)12/h2-4,6H,1H2,(H,14,15)/t4-,6+/m0/s1. The molecule has 1 N–H and O–H groups in total. The van der Waals surface area contributed by atoms with Gasteiger partial charge < -0.3 is 5.11 Å². The van der Waals surface area contributed by atoms with E-state index >= 15 is 0 Å². The molecule has 1 aromatic rings. The third-order valence-electron chi connectivity index (χ3n) is 2.77. The van der Waals surface area contributed by atoms with Crippen molar-refractivity contribution in [3.63, 3.8) is 0 Å². The third-order valence-corrected chi connectivity index (χ3v) is 2.77. The molecule has 1 aliphatic rings. The number of nitro groups is 1. The Morgan fingerprint density at radius 2 is 2.00 bits per heavy atom. The fourth-order valence-corrected chi connectivity index (χ4v) is 1.82. The monoisotopic (exact) mass is 243 g/mol. The van der Waals surface area contributed by atoms with Gasteiger partial charge in [-0.15, -0.1) is 0 Å². The maximum atomic E-state index is 13.0. The Morgan fingerprint density at radius 3 is 2.47 bits per heavy atom. The van der Waals surface area contributed by atoms with Gasteiger partial charge in [-0.25, -0.2) is 8.78 Å². The zero-order chi connectivity index (χ0) is 12.7. The number of hydrogen-bond donors (Lipinski definition) is 1. The molecule has 1 fully saturated rings. The zero-order valence-electron chi connectivity index (χ0n) is 8.39. The molecule has 2 atom stereocenters. The van der Waals surface area contributed by atoms with Gasteiger partial charge in [-0.3, -0.25) is 14.9 Å². The van der Waals surface area contributed by atoms with Gasteiger partial charge in [0.2, 0.25) is 0 Å². The lowest BCUT2D eigenvalue weighted by Gasteiger charge is -2.02. The number of benzene rings is 1. The van der Waals surface area contributed by atoms with Crippen molar-refractivity contribution in [2.45, 2.75) is 12.3 Å². The number of nitro benzene ring substituents is 1. The average Bonchev–Trinajstić information content (AvgIpc) is 3.00. The average molecular weight is 243 g/mol. The van der Waals surface area contributed by atoms with Crippen LogP contribution in [0.2, 0.25) is 0 Å². The highest BCUT2D eigenvalue weighted by Crippen LogP contribution is 2.50. The summed E-state index contributed by atoms with van der Waals surface area (Å²) in [5, 5.41) is 19.4. The van der Waals surface area contributed by atoms with Crippen LogP contribution in [0.1, 0.15) is 17.9 Å². The maximum absolute atomic E-state index is 13.0.